The van der Waals surface area contributed by atoms with Crippen molar-refractivity contribution in [3.05, 3.63) is 11.7 Å². The Labute approximate surface area is 123 Å². The average Bonchev–Trinajstić information content (AvgIpc) is 2.97. The second kappa shape index (κ2) is 7.94. The molecule has 8 nitrogen and oxygen atoms in total. The summed E-state index contributed by atoms with van der Waals surface area (Å²) in [4.78, 5) is 18.1. The van der Waals surface area contributed by atoms with E-state index in [1.54, 1.807) is 19.1 Å². The number of methoxy groups -OCH3 is 2. The number of hydrogen-bond acceptors (Lipinski definition) is 6. The third-order valence-corrected chi connectivity index (χ3v) is 3.41. The second-order valence-corrected chi connectivity index (χ2v) is 4.99. The number of carbonyl (C=O) groups is 1. The number of ether oxygens (including phenoxy) is 2. The molecule has 2 heterocycles. The summed E-state index contributed by atoms with van der Waals surface area (Å²) in [6.45, 7) is 2.68. The maximum Gasteiger partial charge on any atom is 0.317 e. The number of carbonyl (C=O) groups excluding carboxylic acids is 1. The molecule has 0 saturated carbocycles. The molecule has 0 bridgehead atoms. The minimum absolute atomic E-state index is 0.0719. The van der Waals surface area contributed by atoms with Crippen molar-refractivity contribution in [2.45, 2.75) is 25.4 Å². The highest BCUT2D eigenvalue weighted by Crippen LogP contribution is 2.24. The number of amides is 2. The standard InChI is InChI=1S/C13H22N4O4/c1-19-7-5-14-13(18)17-6-3-4-10(8-17)12-15-11(9-20-2)21-16-12/h10H,3-9H2,1-2H3,(H,14,18). The Morgan fingerprint density at radius 1 is 1.48 bits per heavy atom. The lowest BCUT2D eigenvalue weighted by atomic mass is 9.98. The summed E-state index contributed by atoms with van der Waals surface area (Å²) in [5, 5.41) is 6.81. The Balaban J connectivity index is 1.88. The fourth-order valence-electron chi connectivity index (χ4n) is 2.36. The van der Waals surface area contributed by atoms with Crippen LogP contribution in [0, 0.1) is 0 Å². The first-order valence-corrected chi connectivity index (χ1v) is 7.07. The molecule has 2 rings (SSSR count). The molecule has 1 unspecified atom stereocenters. The number of piperidine rings is 1. The van der Waals surface area contributed by atoms with Crippen molar-refractivity contribution >= 4 is 6.03 Å². The second-order valence-electron chi connectivity index (χ2n) is 4.99. The monoisotopic (exact) mass is 298 g/mol. The molecule has 1 aromatic rings. The van der Waals surface area contributed by atoms with Gasteiger partial charge in [0.05, 0.1) is 6.61 Å². The van der Waals surface area contributed by atoms with Crippen molar-refractivity contribution in [3.8, 4) is 0 Å². The van der Waals surface area contributed by atoms with Crippen molar-refractivity contribution < 1.29 is 18.8 Å². The Kier molecular flexibility index (Phi) is 5.94. The minimum Gasteiger partial charge on any atom is -0.383 e. The zero-order chi connectivity index (χ0) is 15.1. The third kappa shape index (κ3) is 4.40. The van der Waals surface area contributed by atoms with E-state index in [-0.39, 0.29) is 11.9 Å². The molecule has 0 aromatic carbocycles. The average molecular weight is 298 g/mol. The zero-order valence-corrected chi connectivity index (χ0v) is 12.5. The molecule has 118 valence electrons. The molecule has 0 spiro atoms. The fourth-order valence-corrected chi connectivity index (χ4v) is 2.36. The van der Waals surface area contributed by atoms with Crippen LogP contribution in [0.15, 0.2) is 4.52 Å². The van der Waals surface area contributed by atoms with E-state index < -0.39 is 0 Å². The number of aromatic nitrogens is 2. The lowest BCUT2D eigenvalue weighted by Gasteiger charge is -2.31. The van der Waals surface area contributed by atoms with Crippen LogP contribution in [0.4, 0.5) is 4.79 Å². The maximum atomic E-state index is 12.0. The van der Waals surface area contributed by atoms with Gasteiger partial charge in [0, 0.05) is 39.8 Å². The van der Waals surface area contributed by atoms with Gasteiger partial charge in [-0.25, -0.2) is 4.79 Å². The van der Waals surface area contributed by atoms with Crippen LogP contribution in [0.1, 0.15) is 30.5 Å². The highest BCUT2D eigenvalue weighted by Gasteiger charge is 2.27. The molecule has 2 amide bonds. The molecule has 1 aliphatic heterocycles. The molecule has 0 radical (unpaired) electrons. The van der Waals surface area contributed by atoms with E-state index in [0.29, 0.717) is 38.0 Å². The van der Waals surface area contributed by atoms with E-state index in [1.807, 2.05) is 0 Å². The highest BCUT2D eigenvalue weighted by molar-refractivity contribution is 5.74. The summed E-state index contributed by atoms with van der Waals surface area (Å²) in [6.07, 6.45) is 1.88. The van der Waals surface area contributed by atoms with Gasteiger partial charge in [0.2, 0.25) is 0 Å². The Morgan fingerprint density at radius 3 is 3.10 bits per heavy atom. The van der Waals surface area contributed by atoms with Crippen LogP contribution >= 0.6 is 0 Å². The van der Waals surface area contributed by atoms with Gasteiger partial charge in [0.1, 0.15) is 6.61 Å². The van der Waals surface area contributed by atoms with Crippen LogP contribution in [0.2, 0.25) is 0 Å². The summed E-state index contributed by atoms with van der Waals surface area (Å²) < 4.78 is 15.0. The van der Waals surface area contributed by atoms with Gasteiger partial charge in [-0.05, 0) is 12.8 Å². The smallest absolute Gasteiger partial charge is 0.317 e. The Hall–Kier alpha value is -1.67. The normalized spacial score (nSPS) is 18.8. The van der Waals surface area contributed by atoms with Crippen LogP contribution in [0.5, 0.6) is 0 Å². The lowest BCUT2D eigenvalue weighted by molar-refractivity contribution is 0.151. The van der Waals surface area contributed by atoms with Gasteiger partial charge in [0.15, 0.2) is 5.82 Å². The molecular weight excluding hydrogens is 276 g/mol. The highest BCUT2D eigenvalue weighted by atomic mass is 16.5. The molecule has 1 N–H and O–H groups in total. The number of rotatable bonds is 6. The molecule has 1 fully saturated rings. The molecule has 21 heavy (non-hydrogen) atoms. The van der Waals surface area contributed by atoms with Crippen molar-refractivity contribution in [2.24, 2.45) is 0 Å². The van der Waals surface area contributed by atoms with E-state index in [0.717, 1.165) is 19.4 Å². The quantitative estimate of drug-likeness (QED) is 0.780. The first kappa shape index (κ1) is 15.7. The van der Waals surface area contributed by atoms with Crippen LogP contribution in [-0.2, 0) is 16.1 Å². The summed E-state index contributed by atoms with van der Waals surface area (Å²) in [5.41, 5.74) is 0. The van der Waals surface area contributed by atoms with E-state index in [4.69, 9.17) is 14.0 Å². The van der Waals surface area contributed by atoms with Gasteiger partial charge in [-0.1, -0.05) is 5.16 Å². The van der Waals surface area contributed by atoms with Crippen molar-refractivity contribution in [3.63, 3.8) is 0 Å². The van der Waals surface area contributed by atoms with Crippen LogP contribution < -0.4 is 5.32 Å². The van der Waals surface area contributed by atoms with E-state index in [9.17, 15) is 4.79 Å². The minimum atomic E-state index is -0.0719. The van der Waals surface area contributed by atoms with Crippen molar-refractivity contribution in [1.29, 1.82) is 0 Å². The lowest BCUT2D eigenvalue weighted by Crippen LogP contribution is -2.45. The molecule has 8 heteroatoms. The van der Waals surface area contributed by atoms with Gasteiger partial charge >= 0.3 is 6.03 Å². The third-order valence-electron chi connectivity index (χ3n) is 3.41. The van der Waals surface area contributed by atoms with Crippen LogP contribution in [0.3, 0.4) is 0 Å². The Morgan fingerprint density at radius 2 is 2.33 bits per heavy atom. The molecule has 1 saturated heterocycles. The number of urea groups is 1. The summed E-state index contributed by atoms with van der Waals surface area (Å²) in [5.74, 6) is 1.23. The van der Waals surface area contributed by atoms with Gasteiger partial charge in [-0.3, -0.25) is 0 Å². The van der Waals surface area contributed by atoms with Crippen LogP contribution in [0.25, 0.3) is 0 Å². The van der Waals surface area contributed by atoms with Crippen molar-refractivity contribution in [1.82, 2.24) is 20.4 Å². The summed E-state index contributed by atoms with van der Waals surface area (Å²) >= 11 is 0. The number of nitrogens with one attached hydrogen (secondary N) is 1. The SMILES string of the molecule is COCCNC(=O)N1CCCC(c2noc(COC)n2)C1. The Bertz CT molecular complexity index is 451. The molecule has 1 aliphatic rings. The van der Waals surface area contributed by atoms with E-state index in [2.05, 4.69) is 15.5 Å². The van der Waals surface area contributed by atoms with Gasteiger partial charge < -0.3 is 24.2 Å². The predicted molar refractivity (Wildman–Crippen MR) is 73.8 cm³/mol. The number of likely N-dealkylation sites (tertiary alicyclic amines) is 1. The van der Waals surface area contributed by atoms with E-state index >= 15 is 0 Å². The van der Waals surface area contributed by atoms with Crippen molar-refractivity contribution in [2.75, 3.05) is 40.5 Å². The largest absolute Gasteiger partial charge is 0.383 e. The van der Waals surface area contributed by atoms with Gasteiger partial charge in [-0.2, -0.15) is 4.98 Å². The molecular formula is C13H22N4O4. The summed E-state index contributed by atoms with van der Waals surface area (Å²) in [7, 11) is 3.19. The topological polar surface area (TPSA) is 89.7 Å². The summed E-state index contributed by atoms with van der Waals surface area (Å²) in [6, 6.07) is -0.0719. The predicted octanol–water partition coefficient (Wildman–Crippen LogP) is 0.751. The molecule has 1 aromatic heterocycles. The zero-order valence-electron chi connectivity index (χ0n) is 12.5. The van der Waals surface area contributed by atoms with Crippen LogP contribution in [-0.4, -0.2) is 61.5 Å². The first-order chi connectivity index (χ1) is 10.2. The first-order valence-electron chi connectivity index (χ1n) is 7.07. The number of hydrogen-bond donors (Lipinski definition) is 1. The maximum absolute atomic E-state index is 12.0. The van der Waals surface area contributed by atoms with Gasteiger partial charge in [0.25, 0.3) is 5.89 Å². The van der Waals surface area contributed by atoms with E-state index in [1.165, 1.54) is 0 Å². The molecule has 0 aliphatic carbocycles. The fraction of sp³-hybridized carbons (Fsp3) is 0.769. The van der Waals surface area contributed by atoms with Gasteiger partial charge in [-0.15, -0.1) is 0 Å². The number of nitrogens with zero attached hydrogens (tertiary/aromatic N) is 3. The molecule has 1 atom stereocenters.